The van der Waals surface area contributed by atoms with E-state index in [1.165, 1.54) is 12.8 Å². The SMILES string of the molecule is O=C1NCC(CN2CCCCC2C2CCCC2=O)O1. The Morgan fingerprint density at radius 1 is 1.21 bits per heavy atom. The van der Waals surface area contributed by atoms with Crippen LogP contribution in [0.2, 0.25) is 0 Å². The number of carbonyl (C=O) groups excluding carboxylic acids is 2. The van der Waals surface area contributed by atoms with Crippen molar-refractivity contribution in [3.05, 3.63) is 0 Å². The first-order chi connectivity index (χ1) is 9.24. The van der Waals surface area contributed by atoms with E-state index in [-0.39, 0.29) is 18.1 Å². The van der Waals surface area contributed by atoms with Crippen LogP contribution in [-0.4, -0.2) is 48.6 Å². The molecule has 0 aromatic heterocycles. The lowest BCUT2D eigenvalue weighted by Gasteiger charge is -2.39. The summed E-state index contributed by atoms with van der Waals surface area (Å²) < 4.78 is 5.23. The molecule has 1 N–H and O–H groups in total. The van der Waals surface area contributed by atoms with E-state index in [0.717, 1.165) is 38.8 Å². The van der Waals surface area contributed by atoms with Gasteiger partial charge in [-0.15, -0.1) is 0 Å². The molecule has 5 heteroatoms. The smallest absolute Gasteiger partial charge is 0.407 e. The van der Waals surface area contributed by atoms with Gasteiger partial charge in [-0.05, 0) is 32.2 Å². The Morgan fingerprint density at radius 3 is 2.79 bits per heavy atom. The van der Waals surface area contributed by atoms with Crippen LogP contribution in [0.15, 0.2) is 0 Å². The molecule has 1 saturated carbocycles. The predicted octanol–water partition coefficient (Wildman–Crippen LogP) is 1.32. The number of amides is 1. The van der Waals surface area contributed by atoms with Crippen molar-refractivity contribution in [2.24, 2.45) is 5.92 Å². The number of hydrogen-bond donors (Lipinski definition) is 1. The van der Waals surface area contributed by atoms with Crippen LogP contribution in [0.5, 0.6) is 0 Å². The van der Waals surface area contributed by atoms with Gasteiger partial charge < -0.3 is 10.1 Å². The first-order valence-corrected chi connectivity index (χ1v) is 7.45. The highest BCUT2D eigenvalue weighted by molar-refractivity contribution is 5.83. The van der Waals surface area contributed by atoms with Gasteiger partial charge in [-0.3, -0.25) is 9.69 Å². The number of likely N-dealkylation sites (tertiary alicyclic amines) is 1. The zero-order valence-electron chi connectivity index (χ0n) is 11.3. The molecule has 0 aromatic carbocycles. The van der Waals surface area contributed by atoms with Crippen molar-refractivity contribution in [2.75, 3.05) is 19.6 Å². The van der Waals surface area contributed by atoms with Crippen molar-refractivity contribution in [1.29, 1.82) is 0 Å². The molecule has 0 bridgehead atoms. The topological polar surface area (TPSA) is 58.6 Å². The molecular formula is C14H22N2O3. The molecule has 3 atom stereocenters. The first-order valence-electron chi connectivity index (χ1n) is 7.45. The molecule has 3 unspecified atom stereocenters. The number of ether oxygens (including phenoxy) is 1. The number of rotatable bonds is 3. The average Bonchev–Trinajstić information content (AvgIpc) is 2.99. The summed E-state index contributed by atoms with van der Waals surface area (Å²) in [7, 11) is 0. The molecule has 0 radical (unpaired) electrons. The van der Waals surface area contributed by atoms with E-state index in [9.17, 15) is 9.59 Å². The number of ketones is 1. The van der Waals surface area contributed by atoms with Crippen molar-refractivity contribution in [3.8, 4) is 0 Å². The van der Waals surface area contributed by atoms with Crippen LogP contribution >= 0.6 is 0 Å². The maximum atomic E-state index is 12.0. The van der Waals surface area contributed by atoms with Crippen LogP contribution in [0.3, 0.4) is 0 Å². The number of piperidine rings is 1. The summed E-state index contributed by atoms with van der Waals surface area (Å²) in [5.74, 6) is 0.670. The van der Waals surface area contributed by atoms with Crippen molar-refractivity contribution >= 4 is 11.9 Å². The fourth-order valence-corrected chi connectivity index (χ4v) is 3.74. The Balaban J connectivity index is 1.63. The summed E-state index contributed by atoms with van der Waals surface area (Å²) in [6, 6.07) is 0.378. The molecule has 3 aliphatic rings. The number of Topliss-reactive ketones (excluding diaryl/α,β-unsaturated/α-hetero) is 1. The van der Waals surface area contributed by atoms with Crippen molar-refractivity contribution in [2.45, 2.75) is 50.7 Å². The largest absolute Gasteiger partial charge is 0.443 e. The van der Waals surface area contributed by atoms with E-state index < -0.39 is 0 Å². The molecule has 5 nitrogen and oxygen atoms in total. The highest BCUT2D eigenvalue weighted by Crippen LogP contribution is 2.32. The second kappa shape index (κ2) is 5.49. The molecule has 19 heavy (non-hydrogen) atoms. The number of nitrogens with one attached hydrogen (secondary N) is 1. The molecule has 1 amide bonds. The summed E-state index contributed by atoms with van der Waals surface area (Å²) in [5.41, 5.74) is 0. The number of alkyl carbamates (subject to hydrolysis) is 1. The number of cyclic esters (lactones) is 1. The van der Waals surface area contributed by atoms with E-state index in [0.29, 0.717) is 18.4 Å². The third kappa shape index (κ3) is 2.76. The third-order valence-corrected chi connectivity index (χ3v) is 4.67. The summed E-state index contributed by atoms with van der Waals surface area (Å²) in [4.78, 5) is 25.5. The molecule has 3 rings (SSSR count). The zero-order valence-corrected chi connectivity index (χ0v) is 11.3. The predicted molar refractivity (Wildman–Crippen MR) is 69.8 cm³/mol. The van der Waals surface area contributed by atoms with E-state index in [1.807, 2.05) is 0 Å². The highest BCUT2D eigenvalue weighted by Gasteiger charge is 2.38. The summed E-state index contributed by atoms with van der Waals surface area (Å²) in [6.07, 6.45) is 6.01. The van der Waals surface area contributed by atoms with Gasteiger partial charge in [0.15, 0.2) is 0 Å². The van der Waals surface area contributed by atoms with Gasteiger partial charge in [0.2, 0.25) is 0 Å². The minimum atomic E-state index is -0.310. The monoisotopic (exact) mass is 266 g/mol. The Bertz CT molecular complexity index is 372. The van der Waals surface area contributed by atoms with Gasteiger partial charge in [-0.25, -0.2) is 4.79 Å². The summed E-state index contributed by atoms with van der Waals surface area (Å²) in [5, 5.41) is 2.70. The van der Waals surface area contributed by atoms with E-state index in [2.05, 4.69) is 10.2 Å². The Labute approximate surface area is 113 Å². The van der Waals surface area contributed by atoms with E-state index in [4.69, 9.17) is 4.74 Å². The van der Waals surface area contributed by atoms with Gasteiger partial charge in [0.05, 0.1) is 6.54 Å². The molecule has 2 heterocycles. The van der Waals surface area contributed by atoms with Crippen LogP contribution < -0.4 is 5.32 Å². The lowest BCUT2D eigenvalue weighted by atomic mass is 9.88. The van der Waals surface area contributed by atoms with Crippen LogP contribution in [0.25, 0.3) is 0 Å². The molecular weight excluding hydrogens is 244 g/mol. The van der Waals surface area contributed by atoms with E-state index >= 15 is 0 Å². The fourth-order valence-electron chi connectivity index (χ4n) is 3.74. The fraction of sp³-hybridized carbons (Fsp3) is 0.857. The maximum Gasteiger partial charge on any atom is 0.407 e. The quantitative estimate of drug-likeness (QED) is 0.837. The molecule has 1 aliphatic carbocycles. The first kappa shape index (κ1) is 12.9. The highest BCUT2D eigenvalue weighted by atomic mass is 16.6. The van der Waals surface area contributed by atoms with Gasteiger partial charge >= 0.3 is 6.09 Å². The van der Waals surface area contributed by atoms with Gasteiger partial charge in [0.25, 0.3) is 0 Å². The summed E-state index contributed by atoms with van der Waals surface area (Å²) >= 11 is 0. The third-order valence-electron chi connectivity index (χ3n) is 4.67. The average molecular weight is 266 g/mol. The normalized spacial score (nSPS) is 36.3. The van der Waals surface area contributed by atoms with Gasteiger partial charge in [0.1, 0.15) is 11.9 Å². The molecule has 106 valence electrons. The van der Waals surface area contributed by atoms with Crippen molar-refractivity contribution in [1.82, 2.24) is 10.2 Å². The van der Waals surface area contributed by atoms with Crippen LogP contribution in [0.4, 0.5) is 4.79 Å². The molecule has 2 saturated heterocycles. The van der Waals surface area contributed by atoms with E-state index in [1.54, 1.807) is 0 Å². The molecule has 0 spiro atoms. The minimum Gasteiger partial charge on any atom is -0.443 e. The van der Waals surface area contributed by atoms with Crippen LogP contribution in [-0.2, 0) is 9.53 Å². The summed E-state index contributed by atoms with van der Waals surface area (Å²) in [6.45, 7) is 2.40. The second-order valence-corrected chi connectivity index (χ2v) is 5.93. The standard InChI is InChI=1S/C14H22N2O3/c17-13-6-3-4-11(13)12-5-1-2-7-16(12)9-10-8-15-14(18)19-10/h10-12H,1-9H2,(H,15,18). The molecule has 3 fully saturated rings. The Hall–Kier alpha value is -1.10. The van der Waals surface area contributed by atoms with Crippen LogP contribution in [0, 0.1) is 5.92 Å². The van der Waals surface area contributed by atoms with Gasteiger partial charge in [-0.2, -0.15) is 0 Å². The van der Waals surface area contributed by atoms with Crippen molar-refractivity contribution in [3.63, 3.8) is 0 Å². The molecule has 2 aliphatic heterocycles. The van der Waals surface area contributed by atoms with Crippen LogP contribution in [0.1, 0.15) is 38.5 Å². The lowest BCUT2D eigenvalue weighted by Crippen LogP contribution is -2.48. The molecule has 0 aromatic rings. The lowest BCUT2D eigenvalue weighted by molar-refractivity contribution is -0.123. The number of hydrogen-bond acceptors (Lipinski definition) is 4. The minimum absolute atomic E-state index is 0.0513. The van der Waals surface area contributed by atoms with Gasteiger partial charge in [-0.1, -0.05) is 6.42 Å². The number of nitrogens with zero attached hydrogens (tertiary/aromatic N) is 1. The number of carbonyl (C=O) groups is 2. The Morgan fingerprint density at radius 2 is 2.11 bits per heavy atom. The second-order valence-electron chi connectivity index (χ2n) is 5.93. The van der Waals surface area contributed by atoms with Crippen molar-refractivity contribution < 1.29 is 14.3 Å². The Kier molecular flexibility index (Phi) is 3.73. The van der Waals surface area contributed by atoms with Gasteiger partial charge in [0, 0.05) is 24.9 Å². The zero-order chi connectivity index (χ0) is 13.2. The maximum absolute atomic E-state index is 12.0.